The third-order valence-corrected chi connectivity index (χ3v) is 2.10. The van der Waals surface area contributed by atoms with Crippen molar-refractivity contribution in [3.05, 3.63) is 29.3 Å². The summed E-state index contributed by atoms with van der Waals surface area (Å²) in [7, 11) is 0. The number of aliphatic hydroxyl groups excluding tert-OH is 2. The van der Waals surface area contributed by atoms with E-state index in [0.717, 1.165) is 0 Å². The zero-order valence-electron chi connectivity index (χ0n) is 7.18. The van der Waals surface area contributed by atoms with Gasteiger partial charge < -0.3 is 20.3 Å². The van der Waals surface area contributed by atoms with E-state index < -0.39 is 12.6 Å². The van der Waals surface area contributed by atoms with Gasteiger partial charge in [-0.25, -0.2) is 0 Å². The first-order valence-electron chi connectivity index (χ1n) is 4.08. The average molecular weight is 195 g/mol. The Morgan fingerprint density at radius 2 is 2.00 bits per heavy atom. The van der Waals surface area contributed by atoms with Crippen molar-refractivity contribution < 1.29 is 19.7 Å². The molecule has 0 aromatic heterocycles. The van der Waals surface area contributed by atoms with Gasteiger partial charge in [0.2, 0.25) is 6.41 Å². The zero-order chi connectivity index (χ0) is 10.1. The molecule has 74 valence electrons. The summed E-state index contributed by atoms with van der Waals surface area (Å²) in [6.07, 6.45) is -1.68. The molecule has 5 heteroatoms. The van der Waals surface area contributed by atoms with Crippen LogP contribution in [0.3, 0.4) is 0 Å². The van der Waals surface area contributed by atoms with Crippen molar-refractivity contribution in [1.29, 1.82) is 0 Å². The molecule has 1 amide bonds. The molecule has 0 saturated heterocycles. The standard InChI is InChI=1S/C9H9NO4/c11-4-10-5-1-2-6-7(3-5)9(13)14-8(6)12/h1-4,8-9,12-13H,(H,10,11). The quantitative estimate of drug-likeness (QED) is 0.592. The van der Waals surface area contributed by atoms with Crippen molar-refractivity contribution in [2.45, 2.75) is 12.6 Å². The largest absolute Gasteiger partial charge is 0.364 e. The van der Waals surface area contributed by atoms with Crippen LogP contribution in [0.25, 0.3) is 0 Å². The predicted octanol–water partition coefficient (Wildman–Crippen LogP) is 0.267. The Bertz CT molecular complexity index is 366. The van der Waals surface area contributed by atoms with Gasteiger partial charge in [-0.15, -0.1) is 0 Å². The molecule has 2 atom stereocenters. The number of amides is 1. The number of anilines is 1. The molecule has 0 bridgehead atoms. The molecule has 0 aliphatic carbocycles. The highest BCUT2D eigenvalue weighted by Crippen LogP contribution is 2.36. The van der Waals surface area contributed by atoms with Gasteiger partial charge in [-0.2, -0.15) is 0 Å². The minimum atomic E-state index is -1.13. The molecule has 1 aliphatic heterocycles. The second-order valence-electron chi connectivity index (χ2n) is 2.95. The summed E-state index contributed by atoms with van der Waals surface area (Å²) in [5, 5.41) is 21.1. The summed E-state index contributed by atoms with van der Waals surface area (Å²) in [5.74, 6) is 0. The molecule has 0 saturated carbocycles. The van der Waals surface area contributed by atoms with Crippen molar-refractivity contribution in [2.75, 3.05) is 5.32 Å². The van der Waals surface area contributed by atoms with E-state index in [0.29, 0.717) is 23.2 Å². The third kappa shape index (κ3) is 1.37. The molecular formula is C9H9NO4. The third-order valence-electron chi connectivity index (χ3n) is 2.10. The first-order valence-corrected chi connectivity index (χ1v) is 4.08. The molecule has 2 rings (SSSR count). The number of fused-ring (bicyclic) bond motifs is 1. The van der Waals surface area contributed by atoms with Gasteiger partial charge in [-0.1, -0.05) is 6.07 Å². The molecule has 1 heterocycles. The molecule has 14 heavy (non-hydrogen) atoms. The van der Waals surface area contributed by atoms with E-state index in [4.69, 9.17) is 4.74 Å². The fraction of sp³-hybridized carbons (Fsp3) is 0.222. The molecule has 3 N–H and O–H groups in total. The van der Waals surface area contributed by atoms with E-state index in [1.807, 2.05) is 0 Å². The van der Waals surface area contributed by atoms with Crippen molar-refractivity contribution >= 4 is 12.1 Å². The predicted molar refractivity (Wildman–Crippen MR) is 47.1 cm³/mol. The highest BCUT2D eigenvalue weighted by molar-refractivity contribution is 5.71. The lowest BCUT2D eigenvalue weighted by Gasteiger charge is -2.03. The Labute approximate surface area is 79.9 Å². The number of benzene rings is 1. The average Bonchev–Trinajstić information content (AvgIpc) is 2.43. The Balaban J connectivity index is 2.39. The van der Waals surface area contributed by atoms with Gasteiger partial charge in [-0.3, -0.25) is 4.79 Å². The second-order valence-corrected chi connectivity index (χ2v) is 2.95. The molecule has 1 aromatic rings. The SMILES string of the molecule is O=CNc1ccc2c(c1)C(O)OC2O. The second kappa shape index (κ2) is 3.38. The molecule has 0 spiro atoms. The summed E-state index contributed by atoms with van der Waals surface area (Å²) in [6, 6.07) is 4.78. The van der Waals surface area contributed by atoms with Gasteiger partial charge >= 0.3 is 0 Å². The Hall–Kier alpha value is -1.43. The fourth-order valence-electron chi connectivity index (χ4n) is 1.44. The van der Waals surface area contributed by atoms with Crippen molar-refractivity contribution in [3.8, 4) is 0 Å². The van der Waals surface area contributed by atoms with E-state index in [9.17, 15) is 15.0 Å². The van der Waals surface area contributed by atoms with Gasteiger partial charge in [0.15, 0.2) is 12.6 Å². The van der Waals surface area contributed by atoms with Crippen LogP contribution in [0, 0.1) is 0 Å². The van der Waals surface area contributed by atoms with Crippen molar-refractivity contribution in [2.24, 2.45) is 0 Å². The highest BCUT2D eigenvalue weighted by Gasteiger charge is 2.28. The number of hydrogen-bond donors (Lipinski definition) is 3. The van der Waals surface area contributed by atoms with Gasteiger partial charge in [0, 0.05) is 16.8 Å². The fourth-order valence-corrected chi connectivity index (χ4v) is 1.44. The van der Waals surface area contributed by atoms with Crippen LogP contribution >= 0.6 is 0 Å². The molecule has 5 nitrogen and oxygen atoms in total. The molecule has 1 aromatic carbocycles. The number of rotatable bonds is 2. The topological polar surface area (TPSA) is 78.8 Å². The molecule has 0 fully saturated rings. The molecular weight excluding hydrogens is 186 g/mol. The summed E-state index contributed by atoms with van der Waals surface area (Å²) in [4.78, 5) is 10.2. The van der Waals surface area contributed by atoms with Gasteiger partial charge in [-0.05, 0) is 12.1 Å². The van der Waals surface area contributed by atoms with Crippen LogP contribution in [0.2, 0.25) is 0 Å². The number of hydrogen-bond acceptors (Lipinski definition) is 4. The van der Waals surface area contributed by atoms with Gasteiger partial charge in [0.25, 0.3) is 0 Å². The van der Waals surface area contributed by atoms with E-state index in [1.54, 1.807) is 18.2 Å². The Kier molecular flexibility index (Phi) is 2.20. The van der Waals surface area contributed by atoms with Crippen molar-refractivity contribution in [3.63, 3.8) is 0 Å². The maximum atomic E-state index is 10.2. The minimum Gasteiger partial charge on any atom is -0.364 e. The number of carbonyl (C=O) groups is 1. The molecule has 1 aliphatic rings. The highest BCUT2D eigenvalue weighted by atomic mass is 16.7. The number of aliphatic hydroxyl groups is 2. The smallest absolute Gasteiger partial charge is 0.211 e. The minimum absolute atomic E-state index is 0.476. The van der Waals surface area contributed by atoms with Crippen LogP contribution in [0.4, 0.5) is 5.69 Å². The lowest BCUT2D eigenvalue weighted by Crippen LogP contribution is -1.97. The van der Waals surface area contributed by atoms with E-state index in [1.165, 1.54) is 0 Å². The zero-order valence-corrected chi connectivity index (χ0v) is 7.18. The van der Waals surface area contributed by atoms with E-state index in [2.05, 4.69) is 5.32 Å². The lowest BCUT2D eigenvalue weighted by atomic mass is 10.1. The summed E-state index contributed by atoms with van der Waals surface area (Å²) in [5.41, 5.74) is 1.55. The Morgan fingerprint density at radius 1 is 1.29 bits per heavy atom. The van der Waals surface area contributed by atoms with E-state index in [-0.39, 0.29) is 0 Å². The molecule has 2 unspecified atom stereocenters. The van der Waals surface area contributed by atoms with E-state index >= 15 is 0 Å². The summed E-state index contributed by atoms with van der Waals surface area (Å²) in [6.45, 7) is 0. The number of nitrogens with one attached hydrogen (secondary N) is 1. The van der Waals surface area contributed by atoms with Crippen LogP contribution < -0.4 is 5.32 Å². The maximum absolute atomic E-state index is 10.2. The molecule has 0 radical (unpaired) electrons. The lowest BCUT2D eigenvalue weighted by molar-refractivity contribution is -0.193. The van der Waals surface area contributed by atoms with Crippen LogP contribution in [0.5, 0.6) is 0 Å². The maximum Gasteiger partial charge on any atom is 0.211 e. The van der Waals surface area contributed by atoms with Crippen LogP contribution in [0.15, 0.2) is 18.2 Å². The van der Waals surface area contributed by atoms with Crippen molar-refractivity contribution in [1.82, 2.24) is 0 Å². The first-order chi connectivity index (χ1) is 6.72. The Morgan fingerprint density at radius 3 is 2.71 bits per heavy atom. The first kappa shape index (κ1) is 9.14. The van der Waals surface area contributed by atoms with Crippen LogP contribution in [-0.2, 0) is 9.53 Å². The van der Waals surface area contributed by atoms with Gasteiger partial charge in [0.05, 0.1) is 0 Å². The number of ether oxygens (including phenoxy) is 1. The van der Waals surface area contributed by atoms with Crippen LogP contribution in [-0.4, -0.2) is 16.6 Å². The summed E-state index contributed by atoms with van der Waals surface area (Å²) >= 11 is 0. The normalized spacial score (nSPS) is 24.4. The number of carbonyl (C=O) groups excluding carboxylic acids is 1. The summed E-state index contributed by atoms with van der Waals surface area (Å²) < 4.78 is 4.76. The monoisotopic (exact) mass is 195 g/mol. The van der Waals surface area contributed by atoms with Crippen LogP contribution in [0.1, 0.15) is 23.7 Å². The van der Waals surface area contributed by atoms with Gasteiger partial charge in [0.1, 0.15) is 0 Å².